The monoisotopic (exact) mass is 515 g/mol. The molecule has 1 aliphatic rings. The molecule has 2 aromatic carbocycles. The highest BCUT2D eigenvalue weighted by atomic mass is 32.2. The molecule has 1 amide bonds. The van der Waals surface area contributed by atoms with Gasteiger partial charge in [-0.25, -0.2) is 13.1 Å². The molecule has 9 heteroatoms. The van der Waals surface area contributed by atoms with Crippen LogP contribution in [0.2, 0.25) is 0 Å². The van der Waals surface area contributed by atoms with Crippen molar-refractivity contribution in [3.63, 3.8) is 0 Å². The number of benzene rings is 2. The molecule has 188 valence electrons. The minimum atomic E-state index is -3.84. The zero-order valence-electron chi connectivity index (χ0n) is 20.4. The molecule has 2 N–H and O–H groups in total. The summed E-state index contributed by atoms with van der Waals surface area (Å²) in [6, 6.07) is 14.9. The second kappa shape index (κ2) is 8.48. The standard InChI is InChI=1S/C28H25N3O5S/c1-16-5-6-19(17(2)14-16)15-31-22-10-7-18-11-13-36-26(18)24(22)23(21-4-3-12-29-27(21)32)25(31)28(33)30-37(34,35)20-8-9-20/h3-7,10-14,20H,8-9,15H2,1-2H3,(H,29,32)(H,30,33). The first kappa shape index (κ1) is 23.3. The van der Waals surface area contributed by atoms with Gasteiger partial charge in [0.25, 0.3) is 11.5 Å². The third-order valence-electron chi connectivity index (χ3n) is 6.97. The van der Waals surface area contributed by atoms with Gasteiger partial charge < -0.3 is 14.0 Å². The number of nitrogens with zero attached hydrogens (tertiary/aromatic N) is 1. The van der Waals surface area contributed by atoms with Crippen LogP contribution >= 0.6 is 0 Å². The number of fused-ring (bicyclic) bond motifs is 3. The van der Waals surface area contributed by atoms with Crippen molar-refractivity contribution >= 4 is 37.8 Å². The summed E-state index contributed by atoms with van der Waals surface area (Å²) in [6.45, 7) is 4.31. The number of amides is 1. The zero-order chi connectivity index (χ0) is 25.9. The Hall–Kier alpha value is -4.11. The van der Waals surface area contributed by atoms with E-state index in [1.54, 1.807) is 23.0 Å². The summed E-state index contributed by atoms with van der Waals surface area (Å²) in [6.07, 6.45) is 4.11. The van der Waals surface area contributed by atoms with Gasteiger partial charge in [0, 0.05) is 23.7 Å². The molecule has 5 aromatic rings. The highest BCUT2D eigenvalue weighted by Crippen LogP contribution is 2.39. The van der Waals surface area contributed by atoms with Gasteiger partial charge in [0.05, 0.1) is 28.0 Å². The van der Waals surface area contributed by atoms with Gasteiger partial charge in [0.15, 0.2) is 0 Å². The van der Waals surface area contributed by atoms with Gasteiger partial charge in [-0.3, -0.25) is 9.59 Å². The van der Waals surface area contributed by atoms with Crippen LogP contribution in [0.25, 0.3) is 33.0 Å². The van der Waals surface area contributed by atoms with Gasteiger partial charge in [-0.05, 0) is 68.1 Å². The van der Waals surface area contributed by atoms with Crippen molar-refractivity contribution in [2.75, 3.05) is 0 Å². The molecule has 6 rings (SSSR count). The van der Waals surface area contributed by atoms with Crippen molar-refractivity contribution in [2.24, 2.45) is 0 Å². The second-order valence-corrected chi connectivity index (χ2v) is 11.6. The van der Waals surface area contributed by atoms with Gasteiger partial charge >= 0.3 is 0 Å². The van der Waals surface area contributed by atoms with Crippen molar-refractivity contribution in [3.05, 3.63) is 93.7 Å². The Bertz CT molecular complexity index is 1870. The van der Waals surface area contributed by atoms with E-state index < -0.39 is 26.7 Å². The second-order valence-electron chi connectivity index (χ2n) is 9.63. The maximum absolute atomic E-state index is 13.8. The van der Waals surface area contributed by atoms with Crippen LogP contribution in [0.1, 0.15) is 40.0 Å². The number of nitrogens with one attached hydrogen (secondary N) is 2. The maximum Gasteiger partial charge on any atom is 0.282 e. The quantitative estimate of drug-likeness (QED) is 0.342. The molecule has 0 bridgehead atoms. The third-order valence-corrected chi connectivity index (χ3v) is 8.79. The molecule has 0 saturated heterocycles. The Morgan fingerprint density at radius 3 is 2.68 bits per heavy atom. The van der Waals surface area contributed by atoms with Crippen molar-refractivity contribution in [1.29, 1.82) is 0 Å². The van der Waals surface area contributed by atoms with E-state index in [2.05, 4.69) is 15.8 Å². The summed E-state index contributed by atoms with van der Waals surface area (Å²) in [5.74, 6) is -0.772. The number of hydrogen-bond acceptors (Lipinski definition) is 5. The van der Waals surface area contributed by atoms with Crippen molar-refractivity contribution < 1.29 is 17.6 Å². The largest absolute Gasteiger partial charge is 0.464 e. The zero-order valence-corrected chi connectivity index (χ0v) is 21.2. The number of aromatic amines is 1. The van der Waals surface area contributed by atoms with E-state index in [0.717, 1.165) is 22.1 Å². The lowest BCUT2D eigenvalue weighted by molar-refractivity contribution is 0.0974. The SMILES string of the molecule is Cc1ccc(Cn2c(C(=O)NS(=O)(=O)C3CC3)c(-c3ccc[nH]c3=O)c3c4occc4ccc32)c(C)c1. The van der Waals surface area contributed by atoms with Crippen LogP contribution in [-0.4, -0.2) is 29.1 Å². The topological polar surface area (TPSA) is 114 Å². The number of carbonyl (C=O) groups excluding carboxylic acids is 1. The predicted molar refractivity (Wildman–Crippen MR) is 142 cm³/mol. The van der Waals surface area contributed by atoms with Crippen LogP contribution in [-0.2, 0) is 16.6 Å². The molecule has 3 heterocycles. The first-order valence-corrected chi connectivity index (χ1v) is 13.6. The van der Waals surface area contributed by atoms with Gasteiger partial charge in [-0.1, -0.05) is 23.8 Å². The lowest BCUT2D eigenvalue weighted by atomic mass is 10.0. The molecule has 1 aliphatic carbocycles. The predicted octanol–water partition coefficient (Wildman–Crippen LogP) is 4.63. The summed E-state index contributed by atoms with van der Waals surface area (Å²) >= 11 is 0. The highest BCUT2D eigenvalue weighted by Gasteiger charge is 2.38. The maximum atomic E-state index is 13.8. The van der Waals surface area contributed by atoms with Crippen LogP contribution in [0.4, 0.5) is 0 Å². The first-order chi connectivity index (χ1) is 17.7. The lowest BCUT2D eigenvalue weighted by Gasteiger charge is -2.15. The number of aromatic nitrogens is 2. The Labute approximate surface area is 213 Å². The van der Waals surface area contributed by atoms with Crippen molar-refractivity contribution in [1.82, 2.24) is 14.3 Å². The Balaban J connectivity index is 1.69. The van der Waals surface area contributed by atoms with Crippen molar-refractivity contribution in [2.45, 2.75) is 38.5 Å². The molecular formula is C28H25N3O5S. The van der Waals surface area contributed by atoms with Crippen molar-refractivity contribution in [3.8, 4) is 11.1 Å². The fraction of sp³-hybridized carbons (Fsp3) is 0.214. The number of H-pyrrole nitrogens is 1. The summed E-state index contributed by atoms with van der Waals surface area (Å²) in [4.78, 5) is 29.5. The molecular weight excluding hydrogens is 490 g/mol. The molecule has 0 aliphatic heterocycles. The lowest BCUT2D eigenvalue weighted by Crippen LogP contribution is -2.35. The Morgan fingerprint density at radius 2 is 1.95 bits per heavy atom. The van der Waals surface area contributed by atoms with Crippen LogP contribution < -0.4 is 10.3 Å². The molecule has 8 nitrogen and oxygen atoms in total. The smallest absolute Gasteiger partial charge is 0.282 e. The number of hydrogen-bond donors (Lipinski definition) is 2. The molecule has 3 aromatic heterocycles. The molecule has 1 saturated carbocycles. The van der Waals surface area contributed by atoms with E-state index in [9.17, 15) is 18.0 Å². The van der Waals surface area contributed by atoms with Crippen LogP contribution in [0, 0.1) is 13.8 Å². The van der Waals surface area contributed by atoms with Crippen LogP contribution in [0.3, 0.4) is 0 Å². The van der Waals surface area contributed by atoms with Gasteiger partial charge in [0.2, 0.25) is 10.0 Å². The summed E-state index contributed by atoms with van der Waals surface area (Å²) in [7, 11) is -3.84. The Kier molecular flexibility index (Phi) is 5.34. The summed E-state index contributed by atoms with van der Waals surface area (Å²) in [5.41, 5.74) is 4.60. The minimum absolute atomic E-state index is 0.0970. The van der Waals surface area contributed by atoms with E-state index in [4.69, 9.17) is 4.42 Å². The van der Waals surface area contributed by atoms with E-state index >= 15 is 0 Å². The molecule has 0 atom stereocenters. The molecule has 1 fully saturated rings. The minimum Gasteiger partial charge on any atom is -0.464 e. The number of sulfonamides is 1. The molecule has 0 unspecified atom stereocenters. The normalized spacial score (nSPS) is 13.9. The summed E-state index contributed by atoms with van der Waals surface area (Å²) < 4.78 is 35.5. The van der Waals surface area contributed by atoms with Gasteiger partial charge in [0.1, 0.15) is 11.3 Å². The van der Waals surface area contributed by atoms with E-state index in [-0.39, 0.29) is 11.3 Å². The number of rotatable bonds is 6. The number of furan rings is 1. The molecule has 0 radical (unpaired) electrons. The number of pyridine rings is 1. The molecule has 37 heavy (non-hydrogen) atoms. The average molecular weight is 516 g/mol. The van der Waals surface area contributed by atoms with Gasteiger partial charge in [-0.15, -0.1) is 0 Å². The number of carbonyl (C=O) groups is 1. The summed E-state index contributed by atoms with van der Waals surface area (Å²) in [5, 5.41) is 0.814. The fourth-order valence-electron chi connectivity index (χ4n) is 4.98. The highest BCUT2D eigenvalue weighted by molar-refractivity contribution is 7.91. The fourth-order valence-corrected chi connectivity index (χ4v) is 6.25. The average Bonchev–Trinajstić information content (AvgIpc) is 3.53. The van der Waals surface area contributed by atoms with E-state index in [1.807, 2.05) is 44.2 Å². The van der Waals surface area contributed by atoms with Crippen LogP contribution in [0.15, 0.2) is 70.2 Å². The van der Waals surface area contributed by atoms with E-state index in [1.165, 1.54) is 6.20 Å². The van der Waals surface area contributed by atoms with Gasteiger partial charge in [-0.2, -0.15) is 0 Å². The van der Waals surface area contributed by atoms with Crippen LogP contribution in [0.5, 0.6) is 0 Å². The number of aryl methyl sites for hydroxylation is 2. The molecule has 0 spiro atoms. The first-order valence-electron chi connectivity index (χ1n) is 12.1. The third kappa shape index (κ3) is 3.95. The Morgan fingerprint density at radius 1 is 1.14 bits per heavy atom. The van der Waals surface area contributed by atoms with E-state index in [0.29, 0.717) is 41.4 Å².